The molecular weight excluding hydrogens is 842 g/mol. The van der Waals surface area contributed by atoms with Crippen LogP contribution in [-0.2, 0) is 23.7 Å². The lowest BCUT2D eigenvalue weighted by atomic mass is 9.86. The van der Waals surface area contributed by atoms with Gasteiger partial charge in [0.2, 0.25) is 17.6 Å². The maximum Gasteiger partial charge on any atom is 0.301 e. The maximum absolute atomic E-state index is 16.2. The molecule has 4 aliphatic heterocycles. The van der Waals surface area contributed by atoms with Crippen LogP contribution in [0.3, 0.4) is 0 Å². The number of nitrogens with one attached hydrogen (secondary N) is 3. The zero-order chi connectivity index (χ0) is 43.9. The molecule has 5 aromatic rings. The molecule has 5 aliphatic rings. The van der Waals surface area contributed by atoms with E-state index in [0.29, 0.717) is 64.2 Å². The summed E-state index contributed by atoms with van der Waals surface area (Å²) in [4.78, 5) is 46.8. The molecule has 0 radical (unpaired) electrons. The van der Waals surface area contributed by atoms with Crippen molar-refractivity contribution in [3.8, 4) is 5.75 Å². The summed E-state index contributed by atoms with van der Waals surface area (Å²) >= 11 is 6.61. The zero-order valence-corrected chi connectivity index (χ0v) is 35.7. The van der Waals surface area contributed by atoms with Gasteiger partial charge in [0.15, 0.2) is 12.4 Å². The second-order valence-corrected chi connectivity index (χ2v) is 18.4. The van der Waals surface area contributed by atoms with Gasteiger partial charge in [-0.2, -0.15) is 5.10 Å². The van der Waals surface area contributed by atoms with E-state index < -0.39 is 41.8 Å². The number of pyridine rings is 2. The third-order valence-electron chi connectivity index (χ3n) is 13.9. The van der Waals surface area contributed by atoms with Gasteiger partial charge in [-0.3, -0.25) is 24.4 Å². The van der Waals surface area contributed by atoms with Crippen molar-refractivity contribution in [3.63, 3.8) is 0 Å². The average Bonchev–Trinajstić information content (AvgIpc) is 4.06. The van der Waals surface area contributed by atoms with Gasteiger partial charge in [-0.25, -0.2) is 22.5 Å². The summed E-state index contributed by atoms with van der Waals surface area (Å²) in [6, 6.07) is 6.98. The van der Waals surface area contributed by atoms with E-state index >= 15 is 17.6 Å². The van der Waals surface area contributed by atoms with Gasteiger partial charge in [0.1, 0.15) is 17.2 Å². The third kappa shape index (κ3) is 7.64. The fourth-order valence-corrected chi connectivity index (χ4v) is 10.3. The van der Waals surface area contributed by atoms with Gasteiger partial charge in [-0.05, 0) is 87.4 Å². The van der Waals surface area contributed by atoms with Crippen LogP contribution in [0.15, 0.2) is 41.3 Å². The molecule has 7 heterocycles. The number of hydrogen-bond acceptors (Lipinski definition) is 10. The molecule has 3 aromatic heterocycles. The number of hydrogen-bond donors (Lipinski definition) is 3. The van der Waals surface area contributed by atoms with Crippen LogP contribution >= 0.6 is 11.6 Å². The van der Waals surface area contributed by atoms with Gasteiger partial charge in [0.25, 0.3) is 5.56 Å². The number of halogens is 5. The maximum atomic E-state index is 16.2. The van der Waals surface area contributed by atoms with Crippen LogP contribution in [0.5, 0.6) is 5.75 Å². The molecule has 3 saturated heterocycles. The first-order valence-corrected chi connectivity index (χ1v) is 22.1. The number of rotatable bonds is 8. The minimum atomic E-state index is -3.21. The average molecular weight is 890 g/mol. The fourth-order valence-electron chi connectivity index (χ4n) is 10.2. The van der Waals surface area contributed by atoms with Crippen LogP contribution in [0.25, 0.3) is 21.8 Å². The number of fused-ring (bicyclic) bond motifs is 4. The van der Waals surface area contributed by atoms with E-state index in [2.05, 4.69) is 35.8 Å². The minimum Gasteiger partial charge on any atom is -0.480 e. The number of amides is 2. The Morgan fingerprint density at radius 3 is 2.43 bits per heavy atom. The minimum absolute atomic E-state index is 0.0461. The normalized spacial score (nSPS) is 22.4. The van der Waals surface area contributed by atoms with Crippen molar-refractivity contribution in [2.45, 2.75) is 75.2 Å². The largest absolute Gasteiger partial charge is 0.480 e. The predicted molar refractivity (Wildman–Crippen MR) is 231 cm³/mol. The number of carbonyl (C=O) groups is 2. The Bertz CT molecular complexity index is 2730. The Kier molecular flexibility index (Phi) is 10.5. The van der Waals surface area contributed by atoms with Crippen LogP contribution < -0.4 is 31.1 Å². The van der Waals surface area contributed by atoms with Crippen molar-refractivity contribution in [3.05, 3.63) is 74.8 Å². The Morgan fingerprint density at radius 2 is 1.70 bits per heavy atom. The van der Waals surface area contributed by atoms with E-state index in [1.807, 2.05) is 12.1 Å². The summed E-state index contributed by atoms with van der Waals surface area (Å²) < 4.78 is 70.5. The third-order valence-corrected chi connectivity index (χ3v) is 14.2. The van der Waals surface area contributed by atoms with E-state index in [4.69, 9.17) is 16.3 Å². The number of aromatic nitrogens is 4. The molecule has 63 heavy (non-hydrogen) atoms. The van der Waals surface area contributed by atoms with E-state index in [9.17, 15) is 14.4 Å². The van der Waals surface area contributed by atoms with Crippen LogP contribution in [0.1, 0.15) is 74.5 Å². The molecule has 2 amide bonds. The molecule has 1 aliphatic carbocycles. The van der Waals surface area contributed by atoms with E-state index in [1.54, 1.807) is 13.1 Å². The first-order chi connectivity index (χ1) is 30.2. The molecule has 332 valence electrons. The fraction of sp³-hybridized carbons (Fsp3) is 0.489. The molecule has 13 nitrogen and oxygen atoms in total. The smallest absolute Gasteiger partial charge is 0.301 e. The summed E-state index contributed by atoms with van der Waals surface area (Å²) in [5, 5.41) is 14.2. The van der Waals surface area contributed by atoms with Crippen LogP contribution in [0.4, 0.5) is 40.4 Å². The number of benzene rings is 2. The quantitative estimate of drug-likeness (QED) is 0.107. The number of aryl methyl sites for hydroxylation is 2. The molecule has 2 atom stereocenters. The lowest BCUT2D eigenvalue weighted by Crippen LogP contribution is -2.44. The molecule has 1 unspecified atom stereocenters. The molecule has 1 saturated carbocycles. The Morgan fingerprint density at radius 1 is 0.937 bits per heavy atom. The van der Waals surface area contributed by atoms with E-state index in [0.717, 1.165) is 58.4 Å². The number of ether oxygens (including phenoxy) is 1. The summed E-state index contributed by atoms with van der Waals surface area (Å²) in [6.45, 7) is 3.23. The van der Waals surface area contributed by atoms with Crippen LogP contribution in [0.2, 0.25) is 5.02 Å². The lowest BCUT2D eigenvalue weighted by molar-refractivity contribution is -0.134. The number of likely N-dealkylation sites (tertiary alicyclic amines) is 1. The first kappa shape index (κ1) is 41.6. The topological polar surface area (TPSA) is 139 Å². The van der Waals surface area contributed by atoms with Crippen molar-refractivity contribution < 1.29 is 31.9 Å². The number of nitrogens with zero attached hydrogens (tertiary/aromatic N) is 6. The van der Waals surface area contributed by atoms with Gasteiger partial charge >= 0.3 is 5.92 Å². The summed E-state index contributed by atoms with van der Waals surface area (Å²) in [7, 11) is 3.15. The number of imide groups is 1. The Balaban J connectivity index is 0.781. The highest BCUT2D eigenvalue weighted by atomic mass is 35.5. The SMILES string of the molecule is Cn1nc(C2CCC(=O)NC2=O)c2ccc(C3CCN(CC4CCN(c5cc(Nc6cc7c8c(c(=O)n(C)c7cc6F)OCC(F)(F)[C@H](C6CC6)N8)c(Cl)cn5)CC4)CC3)c(F)c21. The molecule has 2 aromatic carbocycles. The van der Waals surface area contributed by atoms with Crippen molar-refractivity contribution >= 4 is 68.1 Å². The van der Waals surface area contributed by atoms with E-state index in [-0.39, 0.29) is 57.6 Å². The highest BCUT2D eigenvalue weighted by Crippen LogP contribution is 2.46. The molecule has 18 heteroatoms. The molecule has 3 N–H and O–H groups in total. The highest BCUT2D eigenvalue weighted by molar-refractivity contribution is 6.33. The van der Waals surface area contributed by atoms with Crippen molar-refractivity contribution in [2.24, 2.45) is 25.9 Å². The summed E-state index contributed by atoms with van der Waals surface area (Å²) in [6.07, 6.45) is 6.90. The Hall–Kier alpha value is -5.42. The standard InChI is InChI=1S/C45H48ClF4N9O4/c1-56-34-18-31(47)33(17-29(34)39-41(44(56)62)63-22-45(49,50)42(54-39)25-3-4-25)52-32-19-35(51-20-30(32)46)59-15-9-23(10-16-59)21-58-13-11-24(12-14-58)26-5-6-27-38(55-57(2)40(27)37(26)48)28-7-8-36(60)53-43(28)61/h5-6,17-20,23-25,28,42,54H,3-4,7-16,21-22H2,1-2H3,(H,51,52)(H,53,60,61)/t28?,42-/m0/s1. The van der Waals surface area contributed by atoms with Crippen molar-refractivity contribution in [2.75, 3.05) is 54.9 Å². The van der Waals surface area contributed by atoms with Crippen molar-refractivity contribution in [1.82, 2.24) is 29.5 Å². The second kappa shape index (κ2) is 16.0. The molecular formula is C45H48ClF4N9O4. The first-order valence-electron chi connectivity index (χ1n) is 21.8. The second-order valence-electron chi connectivity index (χ2n) is 18.0. The zero-order valence-electron chi connectivity index (χ0n) is 35.0. The van der Waals surface area contributed by atoms with Crippen LogP contribution in [-0.4, -0.2) is 87.3 Å². The summed E-state index contributed by atoms with van der Waals surface area (Å²) in [5.74, 6) is -4.72. The van der Waals surface area contributed by atoms with Gasteiger partial charge < -0.3 is 29.7 Å². The lowest BCUT2D eigenvalue weighted by Gasteiger charge is -2.38. The molecule has 4 fully saturated rings. The number of anilines is 4. The molecule has 0 spiro atoms. The highest BCUT2D eigenvalue weighted by Gasteiger charge is 2.51. The number of piperidine rings is 3. The van der Waals surface area contributed by atoms with Gasteiger partial charge in [-0.1, -0.05) is 23.7 Å². The summed E-state index contributed by atoms with van der Waals surface area (Å²) in [5.41, 5.74) is 1.74. The van der Waals surface area contributed by atoms with Crippen LogP contribution in [0, 0.1) is 23.5 Å². The number of carbonyl (C=O) groups excluding carboxylic acids is 2. The Labute approximate surface area is 365 Å². The number of alkyl halides is 2. The van der Waals surface area contributed by atoms with Gasteiger partial charge in [-0.15, -0.1) is 0 Å². The predicted octanol–water partition coefficient (Wildman–Crippen LogP) is 7.33. The van der Waals surface area contributed by atoms with Crippen molar-refractivity contribution in [1.29, 1.82) is 0 Å². The monoisotopic (exact) mass is 889 g/mol. The van der Waals surface area contributed by atoms with Gasteiger partial charge in [0, 0.05) is 63.1 Å². The molecule has 0 bridgehead atoms. The molecule has 10 rings (SSSR count). The van der Waals surface area contributed by atoms with E-state index in [1.165, 1.54) is 34.6 Å². The van der Waals surface area contributed by atoms with Gasteiger partial charge in [0.05, 0.1) is 51.5 Å².